The largest absolute Gasteiger partial charge is 0.336 e. The molecule has 1 atom stereocenters. The molecule has 1 amide bonds. The fraction of sp³-hybridized carbons (Fsp3) is 0.562. The third kappa shape index (κ3) is 3.59. The van der Waals surface area contributed by atoms with Crippen molar-refractivity contribution in [1.29, 1.82) is 5.26 Å². The van der Waals surface area contributed by atoms with Crippen molar-refractivity contribution in [2.24, 2.45) is 0 Å². The second-order valence-corrected chi connectivity index (χ2v) is 5.40. The summed E-state index contributed by atoms with van der Waals surface area (Å²) in [5.41, 5.74) is 1.45. The first-order chi connectivity index (χ1) is 10.2. The molecule has 1 aromatic heterocycles. The first-order valence-electron chi connectivity index (χ1n) is 7.52. The number of pyridine rings is 1. The van der Waals surface area contributed by atoms with Crippen LogP contribution in [0.3, 0.4) is 0 Å². The fourth-order valence-electron chi connectivity index (χ4n) is 2.72. The summed E-state index contributed by atoms with van der Waals surface area (Å²) in [4.78, 5) is 20.7. The summed E-state index contributed by atoms with van der Waals surface area (Å²) in [7, 11) is 0. The van der Waals surface area contributed by atoms with E-state index in [0.717, 1.165) is 31.6 Å². The standard InChI is InChI=1S/C16H22N4O/c1-3-5-14(12-17)19-8-10-20(11-9-19)16(21)15-6-4-7-18-13(15)2/h4,6-7,14H,3,5,8-11H2,1-2H3. The summed E-state index contributed by atoms with van der Waals surface area (Å²) in [6, 6.07) is 5.97. The highest BCUT2D eigenvalue weighted by Crippen LogP contribution is 2.14. The van der Waals surface area contributed by atoms with Crippen LogP contribution in [0.5, 0.6) is 0 Å². The zero-order chi connectivity index (χ0) is 15.2. The number of carbonyl (C=O) groups is 1. The summed E-state index contributed by atoms with van der Waals surface area (Å²) >= 11 is 0. The van der Waals surface area contributed by atoms with E-state index in [9.17, 15) is 10.1 Å². The maximum atomic E-state index is 12.5. The van der Waals surface area contributed by atoms with Crippen molar-refractivity contribution in [3.05, 3.63) is 29.6 Å². The molecular formula is C16H22N4O. The van der Waals surface area contributed by atoms with E-state index in [-0.39, 0.29) is 11.9 Å². The minimum absolute atomic E-state index is 0.0209. The van der Waals surface area contributed by atoms with Gasteiger partial charge >= 0.3 is 0 Å². The zero-order valence-electron chi connectivity index (χ0n) is 12.7. The van der Waals surface area contributed by atoms with Crippen molar-refractivity contribution in [1.82, 2.24) is 14.8 Å². The molecule has 0 aromatic carbocycles. The van der Waals surface area contributed by atoms with Crippen molar-refractivity contribution in [3.8, 4) is 6.07 Å². The van der Waals surface area contributed by atoms with Crippen molar-refractivity contribution < 1.29 is 4.79 Å². The van der Waals surface area contributed by atoms with Crippen LogP contribution < -0.4 is 0 Å². The molecule has 0 spiro atoms. The molecule has 0 saturated carbocycles. The number of aromatic nitrogens is 1. The van der Waals surface area contributed by atoms with E-state index in [4.69, 9.17) is 0 Å². The molecule has 1 saturated heterocycles. The van der Waals surface area contributed by atoms with E-state index in [2.05, 4.69) is 22.9 Å². The Kier molecular flexibility index (Phi) is 5.29. The lowest BCUT2D eigenvalue weighted by Gasteiger charge is -2.37. The molecule has 112 valence electrons. The van der Waals surface area contributed by atoms with E-state index in [1.165, 1.54) is 0 Å². The monoisotopic (exact) mass is 286 g/mol. The molecule has 1 aliphatic heterocycles. The molecular weight excluding hydrogens is 264 g/mol. The van der Waals surface area contributed by atoms with Gasteiger partial charge in [0.15, 0.2) is 0 Å². The number of nitrogens with zero attached hydrogens (tertiary/aromatic N) is 4. The molecule has 1 unspecified atom stereocenters. The average Bonchev–Trinajstić information content (AvgIpc) is 2.52. The van der Waals surface area contributed by atoms with Gasteiger partial charge in [-0.15, -0.1) is 0 Å². The summed E-state index contributed by atoms with van der Waals surface area (Å²) < 4.78 is 0. The maximum absolute atomic E-state index is 12.5. The van der Waals surface area contributed by atoms with Crippen LogP contribution in [0.4, 0.5) is 0 Å². The van der Waals surface area contributed by atoms with Gasteiger partial charge in [0.05, 0.1) is 17.7 Å². The molecule has 5 nitrogen and oxygen atoms in total. The highest BCUT2D eigenvalue weighted by atomic mass is 16.2. The Morgan fingerprint density at radius 2 is 2.14 bits per heavy atom. The summed E-state index contributed by atoms with van der Waals surface area (Å²) in [5.74, 6) is 0.0456. The predicted octanol–water partition coefficient (Wildman–Crippen LogP) is 1.84. The smallest absolute Gasteiger partial charge is 0.255 e. The van der Waals surface area contributed by atoms with Gasteiger partial charge in [0.25, 0.3) is 5.91 Å². The maximum Gasteiger partial charge on any atom is 0.255 e. The minimum atomic E-state index is -0.0209. The van der Waals surface area contributed by atoms with E-state index in [0.29, 0.717) is 18.7 Å². The van der Waals surface area contributed by atoms with Crippen LogP contribution in [0.25, 0.3) is 0 Å². The molecule has 1 aliphatic rings. The van der Waals surface area contributed by atoms with Crippen molar-refractivity contribution in [3.63, 3.8) is 0 Å². The molecule has 1 fully saturated rings. The van der Waals surface area contributed by atoms with Gasteiger partial charge in [0, 0.05) is 38.1 Å². The Morgan fingerprint density at radius 1 is 1.43 bits per heavy atom. The lowest BCUT2D eigenvalue weighted by atomic mass is 10.1. The molecule has 21 heavy (non-hydrogen) atoms. The van der Waals surface area contributed by atoms with Gasteiger partial charge in [-0.25, -0.2) is 0 Å². The first-order valence-corrected chi connectivity index (χ1v) is 7.52. The lowest BCUT2D eigenvalue weighted by molar-refractivity contribution is 0.0600. The van der Waals surface area contributed by atoms with Crippen LogP contribution >= 0.6 is 0 Å². The van der Waals surface area contributed by atoms with Gasteiger partial charge in [-0.3, -0.25) is 14.7 Å². The Morgan fingerprint density at radius 3 is 2.71 bits per heavy atom. The van der Waals surface area contributed by atoms with Crippen LogP contribution in [0.1, 0.15) is 35.8 Å². The predicted molar refractivity (Wildman–Crippen MR) is 80.8 cm³/mol. The number of nitriles is 1. The molecule has 0 bridgehead atoms. The van der Waals surface area contributed by atoms with Gasteiger partial charge in [0.1, 0.15) is 0 Å². The highest BCUT2D eigenvalue weighted by molar-refractivity contribution is 5.95. The minimum Gasteiger partial charge on any atom is -0.336 e. The van der Waals surface area contributed by atoms with E-state index in [1.54, 1.807) is 12.3 Å². The Bertz CT molecular complexity index is 529. The van der Waals surface area contributed by atoms with Gasteiger partial charge in [0.2, 0.25) is 0 Å². The Labute approximate surface area is 126 Å². The molecule has 1 aromatic rings. The Hall–Kier alpha value is -1.93. The zero-order valence-corrected chi connectivity index (χ0v) is 12.7. The molecule has 0 aliphatic carbocycles. The number of rotatable bonds is 4. The second kappa shape index (κ2) is 7.19. The van der Waals surface area contributed by atoms with E-state index in [1.807, 2.05) is 17.9 Å². The van der Waals surface area contributed by atoms with Gasteiger partial charge in [-0.2, -0.15) is 5.26 Å². The lowest BCUT2D eigenvalue weighted by Crippen LogP contribution is -2.51. The van der Waals surface area contributed by atoms with Gasteiger partial charge in [-0.1, -0.05) is 13.3 Å². The number of hydrogen-bond acceptors (Lipinski definition) is 4. The summed E-state index contributed by atoms with van der Waals surface area (Å²) in [6.07, 6.45) is 3.60. The number of carbonyl (C=O) groups excluding carboxylic acids is 1. The van der Waals surface area contributed by atoms with Gasteiger partial charge < -0.3 is 4.90 Å². The highest BCUT2D eigenvalue weighted by Gasteiger charge is 2.26. The molecule has 0 N–H and O–H groups in total. The normalized spacial score (nSPS) is 17.3. The SMILES string of the molecule is CCCC(C#N)N1CCN(C(=O)c2cccnc2C)CC1. The fourth-order valence-corrected chi connectivity index (χ4v) is 2.72. The number of aryl methyl sites for hydroxylation is 1. The van der Waals surface area contributed by atoms with Crippen LogP contribution in [0.15, 0.2) is 18.3 Å². The van der Waals surface area contributed by atoms with Crippen LogP contribution in [0, 0.1) is 18.3 Å². The third-order valence-corrected chi connectivity index (χ3v) is 3.99. The molecule has 2 heterocycles. The van der Waals surface area contributed by atoms with Crippen molar-refractivity contribution >= 4 is 5.91 Å². The second-order valence-electron chi connectivity index (χ2n) is 5.40. The third-order valence-electron chi connectivity index (χ3n) is 3.99. The molecule has 5 heteroatoms. The summed E-state index contributed by atoms with van der Waals surface area (Å²) in [6.45, 7) is 6.84. The molecule has 2 rings (SSSR count). The van der Waals surface area contributed by atoms with Crippen LogP contribution in [0.2, 0.25) is 0 Å². The quantitative estimate of drug-likeness (QED) is 0.847. The van der Waals surface area contributed by atoms with E-state index < -0.39 is 0 Å². The number of hydrogen-bond donors (Lipinski definition) is 0. The van der Waals surface area contributed by atoms with Gasteiger partial charge in [-0.05, 0) is 25.5 Å². The number of piperazine rings is 1. The number of amides is 1. The van der Waals surface area contributed by atoms with Crippen LogP contribution in [-0.4, -0.2) is 52.9 Å². The average molecular weight is 286 g/mol. The van der Waals surface area contributed by atoms with Crippen LogP contribution in [-0.2, 0) is 0 Å². The first kappa shape index (κ1) is 15.5. The van der Waals surface area contributed by atoms with Crippen molar-refractivity contribution in [2.75, 3.05) is 26.2 Å². The Balaban J connectivity index is 1.97. The molecule has 0 radical (unpaired) electrons. The topological polar surface area (TPSA) is 60.2 Å². The van der Waals surface area contributed by atoms with Crippen molar-refractivity contribution in [2.45, 2.75) is 32.7 Å². The van der Waals surface area contributed by atoms with E-state index >= 15 is 0 Å². The summed E-state index contributed by atoms with van der Waals surface area (Å²) in [5, 5.41) is 9.22.